The van der Waals surface area contributed by atoms with Crippen LogP contribution in [0.25, 0.3) is 11.5 Å². The number of para-hydroxylation sites is 1. The van der Waals surface area contributed by atoms with Crippen LogP contribution in [0.1, 0.15) is 24.7 Å². The summed E-state index contributed by atoms with van der Waals surface area (Å²) in [7, 11) is 1.63. The van der Waals surface area contributed by atoms with E-state index in [1.54, 1.807) is 7.11 Å². The number of benzene rings is 1. The first kappa shape index (κ1) is 11.2. The first-order chi connectivity index (χ1) is 8.88. The molecule has 1 aliphatic heterocycles. The molecule has 3 rings (SSSR count). The van der Waals surface area contributed by atoms with E-state index < -0.39 is 0 Å². The van der Waals surface area contributed by atoms with Gasteiger partial charge in [-0.25, -0.2) is 0 Å². The third-order valence-corrected chi connectivity index (χ3v) is 3.15. The highest BCUT2D eigenvalue weighted by atomic mass is 16.5. The maximum absolute atomic E-state index is 5.32. The molecule has 1 unspecified atom stereocenters. The molecule has 94 valence electrons. The number of nitrogens with zero attached hydrogens (tertiary/aromatic N) is 2. The molecule has 1 aliphatic rings. The summed E-state index contributed by atoms with van der Waals surface area (Å²) in [6, 6.07) is 7.86. The Morgan fingerprint density at radius 1 is 1.39 bits per heavy atom. The van der Waals surface area contributed by atoms with Gasteiger partial charge in [0.25, 0.3) is 5.89 Å². The zero-order valence-electron chi connectivity index (χ0n) is 10.2. The summed E-state index contributed by atoms with van der Waals surface area (Å²) < 4.78 is 10.6. The maximum atomic E-state index is 5.32. The van der Waals surface area contributed by atoms with Crippen LogP contribution in [0.2, 0.25) is 0 Å². The van der Waals surface area contributed by atoms with Gasteiger partial charge in [0.1, 0.15) is 5.75 Å². The van der Waals surface area contributed by atoms with Crippen molar-refractivity contribution in [3.8, 4) is 17.2 Å². The Balaban J connectivity index is 1.92. The van der Waals surface area contributed by atoms with E-state index in [0.717, 1.165) is 36.5 Å². The van der Waals surface area contributed by atoms with Gasteiger partial charge >= 0.3 is 0 Å². The van der Waals surface area contributed by atoms with Crippen LogP contribution in [0, 0.1) is 0 Å². The van der Waals surface area contributed by atoms with Gasteiger partial charge in [0.05, 0.1) is 18.7 Å². The van der Waals surface area contributed by atoms with E-state index in [1.165, 1.54) is 0 Å². The predicted octanol–water partition coefficient (Wildman–Crippen LogP) is 2.17. The average Bonchev–Trinajstić information content (AvgIpc) is 3.09. The largest absolute Gasteiger partial charge is 0.496 e. The monoisotopic (exact) mass is 245 g/mol. The van der Waals surface area contributed by atoms with E-state index in [2.05, 4.69) is 15.5 Å². The summed E-state index contributed by atoms with van der Waals surface area (Å²) in [6.45, 7) is 1.02. The zero-order chi connectivity index (χ0) is 12.4. The van der Waals surface area contributed by atoms with Crippen molar-refractivity contribution >= 4 is 0 Å². The molecular formula is C13H15N3O2. The molecule has 0 spiro atoms. The van der Waals surface area contributed by atoms with Crippen molar-refractivity contribution in [2.75, 3.05) is 13.7 Å². The summed E-state index contributed by atoms with van der Waals surface area (Å²) in [4.78, 5) is 4.45. The molecule has 1 saturated heterocycles. The third-order valence-electron chi connectivity index (χ3n) is 3.15. The lowest BCUT2D eigenvalue weighted by Gasteiger charge is -2.03. The van der Waals surface area contributed by atoms with Gasteiger partial charge in [0.2, 0.25) is 0 Å². The number of hydrogen-bond donors (Lipinski definition) is 1. The second-order valence-corrected chi connectivity index (χ2v) is 4.31. The Kier molecular flexibility index (Phi) is 2.98. The molecule has 1 atom stereocenters. The molecule has 0 radical (unpaired) electrons. The number of aromatic nitrogens is 2. The molecule has 0 saturated carbocycles. The average molecular weight is 245 g/mol. The molecule has 1 aromatic heterocycles. The minimum absolute atomic E-state index is 0.220. The molecule has 1 N–H and O–H groups in total. The highest BCUT2D eigenvalue weighted by molar-refractivity contribution is 5.62. The van der Waals surface area contributed by atoms with Gasteiger partial charge in [-0.15, -0.1) is 0 Å². The quantitative estimate of drug-likeness (QED) is 0.898. The van der Waals surface area contributed by atoms with Gasteiger partial charge in [-0.2, -0.15) is 4.98 Å². The van der Waals surface area contributed by atoms with Gasteiger partial charge in [-0.3, -0.25) is 0 Å². The summed E-state index contributed by atoms with van der Waals surface area (Å²) in [5.41, 5.74) is 0.830. The predicted molar refractivity (Wildman–Crippen MR) is 66.3 cm³/mol. The van der Waals surface area contributed by atoms with Gasteiger partial charge in [-0.1, -0.05) is 17.3 Å². The van der Waals surface area contributed by atoms with E-state index in [9.17, 15) is 0 Å². The summed E-state index contributed by atoms with van der Waals surface area (Å²) >= 11 is 0. The van der Waals surface area contributed by atoms with Gasteiger partial charge < -0.3 is 14.6 Å². The standard InChI is InChI=1S/C13H15N3O2/c1-17-11-7-3-2-5-9(11)13-15-12(16-18-13)10-6-4-8-14-10/h2-3,5,7,10,14H,4,6,8H2,1H3. The molecule has 5 nitrogen and oxygen atoms in total. The number of ether oxygens (including phenoxy) is 1. The lowest BCUT2D eigenvalue weighted by Crippen LogP contribution is -2.14. The van der Waals surface area contributed by atoms with Crippen molar-refractivity contribution < 1.29 is 9.26 Å². The smallest absolute Gasteiger partial charge is 0.261 e. The van der Waals surface area contributed by atoms with E-state index in [-0.39, 0.29) is 6.04 Å². The fraction of sp³-hybridized carbons (Fsp3) is 0.385. The number of methoxy groups -OCH3 is 1. The lowest BCUT2D eigenvalue weighted by atomic mass is 10.2. The summed E-state index contributed by atoms with van der Waals surface area (Å²) in [5.74, 6) is 1.98. The normalized spacial score (nSPS) is 19.1. The van der Waals surface area contributed by atoms with Crippen LogP contribution in [0.15, 0.2) is 28.8 Å². The minimum Gasteiger partial charge on any atom is -0.496 e. The van der Waals surface area contributed by atoms with Crippen LogP contribution in [0.3, 0.4) is 0 Å². The van der Waals surface area contributed by atoms with Crippen molar-refractivity contribution in [3.05, 3.63) is 30.1 Å². The topological polar surface area (TPSA) is 60.2 Å². The molecule has 5 heteroatoms. The molecule has 2 aromatic rings. The highest BCUT2D eigenvalue weighted by Gasteiger charge is 2.22. The Morgan fingerprint density at radius 3 is 3.06 bits per heavy atom. The Bertz CT molecular complexity index is 533. The van der Waals surface area contributed by atoms with Crippen LogP contribution in [-0.4, -0.2) is 23.8 Å². The van der Waals surface area contributed by atoms with Gasteiger partial charge in [-0.05, 0) is 31.5 Å². The van der Waals surface area contributed by atoms with Gasteiger partial charge in [0.15, 0.2) is 5.82 Å². The van der Waals surface area contributed by atoms with Crippen LogP contribution in [0.4, 0.5) is 0 Å². The highest BCUT2D eigenvalue weighted by Crippen LogP contribution is 2.29. The van der Waals surface area contributed by atoms with Crippen LogP contribution in [0.5, 0.6) is 5.75 Å². The van der Waals surface area contributed by atoms with E-state index in [1.807, 2.05) is 24.3 Å². The molecule has 0 amide bonds. The van der Waals surface area contributed by atoms with E-state index >= 15 is 0 Å². The fourth-order valence-corrected chi connectivity index (χ4v) is 2.21. The van der Waals surface area contributed by atoms with Crippen molar-refractivity contribution in [2.24, 2.45) is 0 Å². The Morgan fingerprint density at radius 2 is 2.28 bits per heavy atom. The Hall–Kier alpha value is -1.88. The lowest BCUT2D eigenvalue weighted by molar-refractivity contribution is 0.399. The van der Waals surface area contributed by atoms with Gasteiger partial charge in [0, 0.05) is 0 Å². The van der Waals surface area contributed by atoms with Crippen molar-refractivity contribution in [1.82, 2.24) is 15.5 Å². The maximum Gasteiger partial charge on any atom is 0.261 e. The number of nitrogens with one attached hydrogen (secondary N) is 1. The molecular weight excluding hydrogens is 230 g/mol. The first-order valence-corrected chi connectivity index (χ1v) is 6.09. The van der Waals surface area contributed by atoms with Crippen LogP contribution >= 0.6 is 0 Å². The van der Waals surface area contributed by atoms with E-state index in [0.29, 0.717) is 5.89 Å². The summed E-state index contributed by atoms with van der Waals surface area (Å²) in [6.07, 6.45) is 2.22. The Labute approximate surface area is 105 Å². The molecule has 18 heavy (non-hydrogen) atoms. The molecule has 0 bridgehead atoms. The zero-order valence-corrected chi connectivity index (χ0v) is 10.2. The van der Waals surface area contributed by atoms with Crippen molar-refractivity contribution in [2.45, 2.75) is 18.9 Å². The molecule has 1 aromatic carbocycles. The fourth-order valence-electron chi connectivity index (χ4n) is 2.21. The molecule has 1 fully saturated rings. The second-order valence-electron chi connectivity index (χ2n) is 4.31. The SMILES string of the molecule is COc1ccccc1-c1nc(C2CCCN2)no1. The number of rotatable bonds is 3. The molecule has 2 heterocycles. The molecule has 0 aliphatic carbocycles. The second kappa shape index (κ2) is 4.78. The van der Waals surface area contributed by atoms with Crippen LogP contribution in [-0.2, 0) is 0 Å². The minimum atomic E-state index is 0.220. The third kappa shape index (κ3) is 1.97. The number of hydrogen-bond acceptors (Lipinski definition) is 5. The first-order valence-electron chi connectivity index (χ1n) is 6.09. The summed E-state index contributed by atoms with van der Waals surface area (Å²) in [5, 5.41) is 7.40. The van der Waals surface area contributed by atoms with Crippen LogP contribution < -0.4 is 10.1 Å². The van der Waals surface area contributed by atoms with Crippen molar-refractivity contribution in [3.63, 3.8) is 0 Å². The van der Waals surface area contributed by atoms with Crippen molar-refractivity contribution in [1.29, 1.82) is 0 Å². The van der Waals surface area contributed by atoms with E-state index in [4.69, 9.17) is 9.26 Å².